The molecule has 0 aliphatic carbocycles. The largest absolute Gasteiger partial charge is 0.497 e. The minimum absolute atomic E-state index is 0.277. The van der Waals surface area contributed by atoms with Gasteiger partial charge in [-0.15, -0.1) is 0 Å². The van der Waals surface area contributed by atoms with Crippen molar-refractivity contribution in [1.82, 2.24) is 5.32 Å². The lowest BCUT2D eigenvalue weighted by atomic mass is 10.1. The number of hydrogen-bond donors (Lipinski definition) is 2. The Morgan fingerprint density at radius 1 is 1.26 bits per heavy atom. The molecule has 1 unspecified atom stereocenters. The Kier molecular flexibility index (Phi) is 6.67. The van der Waals surface area contributed by atoms with Gasteiger partial charge in [-0.2, -0.15) is 0 Å². The smallest absolute Gasteiger partial charge is 0.127 e. The molecule has 0 fully saturated rings. The molecule has 1 aromatic carbocycles. The Bertz CT molecular complexity index is 392. The van der Waals surface area contributed by atoms with Crippen molar-refractivity contribution < 1.29 is 9.47 Å². The van der Waals surface area contributed by atoms with Crippen LogP contribution in [0, 0.1) is 6.92 Å². The maximum absolute atomic E-state index is 5.73. The lowest BCUT2D eigenvalue weighted by molar-refractivity contribution is 0.389. The summed E-state index contributed by atoms with van der Waals surface area (Å²) >= 11 is 0. The van der Waals surface area contributed by atoms with Crippen LogP contribution in [-0.2, 0) is 6.54 Å². The fourth-order valence-corrected chi connectivity index (χ4v) is 2.04. The minimum Gasteiger partial charge on any atom is -0.497 e. The number of nitrogens with two attached hydrogens (primary N) is 1. The van der Waals surface area contributed by atoms with Gasteiger partial charge in [0.2, 0.25) is 0 Å². The molecule has 1 rings (SSSR count). The van der Waals surface area contributed by atoms with E-state index in [1.807, 2.05) is 19.1 Å². The molecular formula is C15H26N2O2. The Morgan fingerprint density at radius 2 is 2.00 bits per heavy atom. The van der Waals surface area contributed by atoms with E-state index in [1.54, 1.807) is 14.2 Å². The lowest BCUT2D eigenvalue weighted by Gasteiger charge is -2.14. The summed E-state index contributed by atoms with van der Waals surface area (Å²) < 4.78 is 10.7. The molecule has 0 bridgehead atoms. The van der Waals surface area contributed by atoms with E-state index < -0.39 is 0 Å². The molecule has 4 nitrogen and oxygen atoms in total. The van der Waals surface area contributed by atoms with Crippen LogP contribution in [0.1, 0.15) is 30.9 Å². The van der Waals surface area contributed by atoms with E-state index in [4.69, 9.17) is 15.2 Å². The Balaban J connectivity index is 2.57. The Labute approximate surface area is 116 Å². The van der Waals surface area contributed by atoms with E-state index in [-0.39, 0.29) is 6.04 Å². The summed E-state index contributed by atoms with van der Waals surface area (Å²) in [5.41, 5.74) is 8.09. The average molecular weight is 266 g/mol. The number of nitrogens with one attached hydrogen (secondary N) is 1. The molecular weight excluding hydrogens is 240 g/mol. The molecule has 0 heterocycles. The van der Waals surface area contributed by atoms with E-state index in [1.165, 1.54) is 11.1 Å². The predicted octanol–water partition coefficient (Wildman–Crippen LogP) is 2.23. The van der Waals surface area contributed by atoms with Gasteiger partial charge in [-0.05, 0) is 44.9 Å². The van der Waals surface area contributed by atoms with Crippen LogP contribution in [0.25, 0.3) is 0 Å². The molecule has 19 heavy (non-hydrogen) atoms. The molecule has 1 atom stereocenters. The third-order valence-electron chi connectivity index (χ3n) is 3.18. The maximum atomic E-state index is 5.73. The first-order valence-electron chi connectivity index (χ1n) is 6.76. The standard InChI is InChI=1S/C15H26N2O2/c1-11-8-13(18-3)9-15(19-4)14(11)10-17-7-5-6-12(2)16/h8-9,12,17H,5-7,10,16H2,1-4H3. The zero-order valence-corrected chi connectivity index (χ0v) is 12.5. The van der Waals surface area contributed by atoms with Crippen LogP contribution in [0.2, 0.25) is 0 Å². The molecule has 3 N–H and O–H groups in total. The summed E-state index contributed by atoms with van der Waals surface area (Å²) in [6, 6.07) is 4.23. The molecule has 0 saturated heterocycles. The highest BCUT2D eigenvalue weighted by Crippen LogP contribution is 2.28. The summed E-state index contributed by atoms with van der Waals surface area (Å²) in [4.78, 5) is 0. The fraction of sp³-hybridized carbons (Fsp3) is 0.600. The van der Waals surface area contributed by atoms with Crippen molar-refractivity contribution >= 4 is 0 Å². The Morgan fingerprint density at radius 3 is 2.58 bits per heavy atom. The highest BCUT2D eigenvalue weighted by molar-refractivity contribution is 5.46. The number of hydrogen-bond acceptors (Lipinski definition) is 4. The number of aryl methyl sites for hydroxylation is 1. The van der Waals surface area contributed by atoms with E-state index in [0.717, 1.165) is 37.4 Å². The van der Waals surface area contributed by atoms with Gasteiger partial charge in [-0.1, -0.05) is 0 Å². The second-order valence-corrected chi connectivity index (χ2v) is 4.92. The van der Waals surface area contributed by atoms with Crippen molar-refractivity contribution in [3.8, 4) is 11.5 Å². The highest BCUT2D eigenvalue weighted by Gasteiger charge is 2.09. The van der Waals surface area contributed by atoms with Crippen molar-refractivity contribution in [1.29, 1.82) is 0 Å². The van der Waals surface area contributed by atoms with E-state index in [2.05, 4.69) is 12.2 Å². The molecule has 0 radical (unpaired) electrons. The van der Waals surface area contributed by atoms with Gasteiger partial charge in [-0.25, -0.2) is 0 Å². The van der Waals surface area contributed by atoms with Crippen LogP contribution in [0.4, 0.5) is 0 Å². The summed E-state index contributed by atoms with van der Waals surface area (Å²) in [5, 5.41) is 3.43. The molecule has 0 aliphatic rings. The monoisotopic (exact) mass is 266 g/mol. The molecule has 1 aromatic rings. The second-order valence-electron chi connectivity index (χ2n) is 4.92. The van der Waals surface area contributed by atoms with Gasteiger partial charge in [-0.3, -0.25) is 0 Å². The van der Waals surface area contributed by atoms with Gasteiger partial charge >= 0.3 is 0 Å². The molecule has 0 saturated carbocycles. The highest BCUT2D eigenvalue weighted by atomic mass is 16.5. The van der Waals surface area contributed by atoms with Gasteiger partial charge in [0.05, 0.1) is 14.2 Å². The number of ether oxygens (including phenoxy) is 2. The fourth-order valence-electron chi connectivity index (χ4n) is 2.04. The first kappa shape index (κ1) is 15.8. The van der Waals surface area contributed by atoms with Gasteiger partial charge < -0.3 is 20.5 Å². The van der Waals surface area contributed by atoms with Crippen LogP contribution in [0.3, 0.4) is 0 Å². The summed E-state index contributed by atoms with van der Waals surface area (Å²) in [7, 11) is 3.36. The molecule has 108 valence electrons. The second kappa shape index (κ2) is 8.02. The quantitative estimate of drug-likeness (QED) is 0.708. The zero-order chi connectivity index (χ0) is 14.3. The maximum Gasteiger partial charge on any atom is 0.127 e. The predicted molar refractivity (Wildman–Crippen MR) is 78.9 cm³/mol. The van der Waals surface area contributed by atoms with Gasteiger partial charge in [0.25, 0.3) is 0 Å². The average Bonchev–Trinajstić information content (AvgIpc) is 2.38. The minimum atomic E-state index is 0.277. The third kappa shape index (κ3) is 5.09. The molecule has 0 amide bonds. The van der Waals surface area contributed by atoms with Gasteiger partial charge in [0.1, 0.15) is 11.5 Å². The van der Waals surface area contributed by atoms with Crippen molar-refractivity contribution in [3.63, 3.8) is 0 Å². The lowest BCUT2D eigenvalue weighted by Crippen LogP contribution is -2.20. The SMILES string of the molecule is COc1cc(C)c(CNCCCC(C)N)c(OC)c1. The molecule has 0 aromatic heterocycles. The number of benzene rings is 1. The van der Waals surface area contributed by atoms with Crippen molar-refractivity contribution in [2.45, 2.75) is 39.3 Å². The summed E-state index contributed by atoms with van der Waals surface area (Å²) in [6.45, 7) is 5.88. The zero-order valence-electron chi connectivity index (χ0n) is 12.5. The first-order chi connectivity index (χ1) is 9.08. The number of rotatable bonds is 8. The van der Waals surface area contributed by atoms with Crippen LogP contribution in [0.5, 0.6) is 11.5 Å². The normalized spacial score (nSPS) is 12.3. The van der Waals surface area contributed by atoms with Gasteiger partial charge in [0.15, 0.2) is 0 Å². The Hall–Kier alpha value is -1.26. The van der Waals surface area contributed by atoms with Crippen LogP contribution < -0.4 is 20.5 Å². The van der Waals surface area contributed by atoms with E-state index in [9.17, 15) is 0 Å². The van der Waals surface area contributed by atoms with E-state index in [0.29, 0.717) is 0 Å². The van der Waals surface area contributed by atoms with Crippen LogP contribution in [0.15, 0.2) is 12.1 Å². The third-order valence-corrected chi connectivity index (χ3v) is 3.18. The van der Waals surface area contributed by atoms with Crippen molar-refractivity contribution in [2.75, 3.05) is 20.8 Å². The van der Waals surface area contributed by atoms with Crippen LogP contribution in [-0.4, -0.2) is 26.8 Å². The molecule has 0 aliphatic heterocycles. The first-order valence-corrected chi connectivity index (χ1v) is 6.76. The number of methoxy groups -OCH3 is 2. The summed E-state index contributed by atoms with van der Waals surface area (Å²) in [6.07, 6.45) is 2.14. The molecule has 4 heteroatoms. The topological polar surface area (TPSA) is 56.5 Å². The summed E-state index contributed by atoms with van der Waals surface area (Å²) in [5.74, 6) is 1.70. The van der Waals surface area contributed by atoms with Gasteiger partial charge in [0, 0.05) is 24.2 Å². The van der Waals surface area contributed by atoms with Crippen molar-refractivity contribution in [3.05, 3.63) is 23.3 Å². The van der Waals surface area contributed by atoms with Crippen molar-refractivity contribution in [2.24, 2.45) is 5.73 Å². The van der Waals surface area contributed by atoms with E-state index >= 15 is 0 Å². The molecule has 0 spiro atoms. The van der Waals surface area contributed by atoms with Crippen LogP contribution >= 0.6 is 0 Å².